The van der Waals surface area contributed by atoms with Crippen molar-refractivity contribution >= 4 is 23.2 Å². The van der Waals surface area contributed by atoms with E-state index in [4.69, 9.17) is 9.47 Å². The first-order valence-corrected chi connectivity index (χ1v) is 8.00. The van der Waals surface area contributed by atoms with E-state index in [1.54, 1.807) is 30.2 Å². The van der Waals surface area contributed by atoms with Crippen molar-refractivity contribution in [3.63, 3.8) is 0 Å². The van der Waals surface area contributed by atoms with Gasteiger partial charge in [-0.3, -0.25) is 9.59 Å². The highest BCUT2D eigenvalue weighted by atomic mass is 16.5. The monoisotopic (exact) mass is 340 g/mol. The van der Waals surface area contributed by atoms with Crippen LogP contribution in [0.5, 0.6) is 11.5 Å². The molecular weight excluding hydrogens is 320 g/mol. The standard InChI is InChI=1S/C19H20N2O4/c1-24-16-9-8-14(11-17(16)25-2)20-19(23)13-10-18(22)21(12-13)15-6-4-3-5-7-15/h3-9,11,13H,10,12H2,1-2H3,(H,20,23). The van der Waals surface area contributed by atoms with E-state index in [-0.39, 0.29) is 24.2 Å². The van der Waals surface area contributed by atoms with Crippen molar-refractivity contribution < 1.29 is 19.1 Å². The number of para-hydroxylation sites is 1. The summed E-state index contributed by atoms with van der Waals surface area (Å²) in [5, 5.41) is 2.85. The number of nitrogens with one attached hydrogen (secondary N) is 1. The van der Waals surface area contributed by atoms with Crippen molar-refractivity contribution in [3.8, 4) is 11.5 Å². The molecule has 0 aliphatic carbocycles. The van der Waals surface area contributed by atoms with Crippen molar-refractivity contribution in [1.29, 1.82) is 0 Å². The summed E-state index contributed by atoms with van der Waals surface area (Å²) in [6.07, 6.45) is 0.202. The average Bonchev–Trinajstić information content (AvgIpc) is 3.04. The summed E-state index contributed by atoms with van der Waals surface area (Å²) in [5.74, 6) is 0.513. The Labute approximate surface area is 146 Å². The predicted octanol–water partition coefficient (Wildman–Crippen LogP) is 2.70. The smallest absolute Gasteiger partial charge is 0.229 e. The van der Waals surface area contributed by atoms with Crippen molar-refractivity contribution in [3.05, 3.63) is 48.5 Å². The Morgan fingerprint density at radius 1 is 1.08 bits per heavy atom. The molecule has 2 aromatic carbocycles. The van der Waals surface area contributed by atoms with Gasteiger partial charge in [-0.25, -0.2) is 0 Å². The van der Waals surface area contributed by atoms with Crippen LogP contribution in [0.3, 0.4) is 0 Å². The SMILES string of the molecule is COc1ccc(NC(=O)C2CC(=O)N(c3ccccc3)C2)cc1OC. The molecule has 1 unspecified atom stereocenters. The lowest BCUT2D eigenvalue weighted by Gasteiger charge is -2.16. The Kier molecular flexibility index (Phi) is 4.88. The summed E-state index contributed by atoms with van der Waals surface area (Å²) in [4.78, 5) is 26.4. The lowest BCUT2D eigenvalue weighted by Crippen LogP contribution is -2.28. The molecule has 1 atom stereocenters. The zero-order valence-corrected chi connectivity index (χ0v) is 14.2. The Morgan fingerprint density at radius 3 is 2.48 bits per heavy atom. The number of anilines is 2. The van der Waals surface area contributed by atoms with E-state index >= 15 is 0 Å². The quantitative estimate of drug-likeness (QED) is 0.909. The number of amides is 2. The molecule has 6 heteroatoms. The Balaban J connectivity index is 1.69. The van der Waals surface area contributed by atoms with Crippen LogP contribution in [0.1, 0.15) is 6.42 Å². The van der Waals surface area contributed by atoms with Gasteiger partial charge in [-0.05, 0) is 24.3 Å². The summed E-state index contributed by atoms with van der Waals surface area (Å²) in [6, 6.07) is 14.5. The molecular formula is C19H20N2O4. The zero-order valence-electron chi connectivity index (χ0n) is 14.2. The molecule has 1 heterocycles. The second kappa shape index (κ2) is 7.25. The van der Waals surface area contributed by atoms with Crippen LogP contribution in [-0.4, -0.2) is 32.6 Å². The number of carbonyl (C=O) groups is 2. The summed E-state index contributed by atoms with van der Waals surface area (Å²) in [7, 11) is 3.09. The van der Waals surface area contributed by atoms with E-state index in [9.17, 15) is 9.59 Å². The number of hydrogen-bond donors (Lipinski definition) is 1. The first-order valence-electron chi connectivity index (χ1n) is 8.00. The van der Waals surface area contributed by atoms with Crippen LogP contribution in [-0.2, 0) is 9.59 Å². The third-order valence-corrected chi connectivity index (χ3v) is 4.21. The Bertz CT molecular complexity index is 776. The van der Waals surface area contributed by atoms with Gasteiger partial charge in [-0.2, -0.15) is 0 Å². The fourth-order valence-corrected chi connectivity index (χ4v) is 2.90. The minimum atomic E-state index is -0.388. The fourth-order valence-electron chi connectivity index (χ4n) is 2.90. The van der Waals surface area contributed by atoms with Crippen molar-refractivity contribution in [1.82, 2.24) is 0 Å². The van der Waals surface area contributed by atoms with Gasteiger partial charge >= 0.3 is 0 Å². The van der Waals surface area contributed by atoms with Gasteiger partial charge in [0.05, 0.1) is 20.1 Å². The second-order valence-corrected chi connectivity index (χ2v) is 5.80. The summed E-state index contributed by atoms with van der Waals surface area (Å²) in [6.45, 7) is 0.377. The van der Waals surface area contributed by atoms with Crippen LogP contribution >= 0.6 is 0 Å². The number of carbonyl (C=O) groups excluding carboxylic acids is 2. The molecule has 6 nitrogen and oxygen atoms in total. The van der Waals surface area contributed by atoms with Crippen LogP contribution in [0.25, 0.3) is 0 Å². The minimum Gasteiger partial charge on any atom is -0.493 e. The normalized spacial score (nSPS) is 16.6. The summed E-state index contributed by atoms with van der Waals surface area (Å²) in [5.41, 5.74) is 1.42. The molecule has 130 valence electrons. The first-order chi connectivity index (χ1) is 12.1. The minimum absolute atomic E-state index is 0.0429. The van der Waals surface area contributed by atoms with Crippen LogP contribution in [0, 0.1) is 5.92 Å². The van der Waals surface area contributed by atoms with Crippen molar-refractivity contribution in [2.24, 2.45) is 5.92 Å². The highest BCUT2D eigenvalue weighted by Gasteiger charge is 2.35. The maximum atomic E-state index is 12.5. The Hall–Kier alpha value is -3.02. The number of nitrogens with zero attached hydrogens (tertiary/aromatic N) is 1. The number of benzene rings is 2. The number of methoxy groups -OCH3 is 2. The molecule has 0 saturated carbocycles. The predicted molar refractivity (Wildman–Crippen MR) is 95.1 cm³/mol. The van der Waals surface area contributed by atoms with Gasteiger partial charge < -0.3 is 19.7 Å². The topological polar surface area (TPSA) is 67.9 Å². The van der Waals surface area contributed by atoms with Crippen LogP contribution in [0.4, 0.5) is 11.4 Å². The molecule has 0 radical (unpaired) electrons. The maximum absolute atomic E-state index is 12.5. The molecule has 1 aliphatic heterocycles. The van der Waals surface area contributed by atoms with Gasteiger partial charge in [0, 0.05) is 30.4 Å². The van der Waals surface area contributed by atoms with Crippen LogP contribution < -0.4 is 19.7 Å². The van der Waals surface area contributed by atoms with Gasteiger partial charge in [-0.1, -0.05) is 18.2 Å². The first kappa shape index (κ1) is 16.8. The van der Waals surface area contributed by atoms with Gasteiger partial charge in [0.1, 0.15) is 0 Å². The van der Waals surface area contributed by atoms with E-state index in [0.29, 0.717) is 23.7 Å². The molecule has 0 bridgehead atoms. The molecule has 0 aromatic heterocycles. The second-order valence-electron chi connectivity index (χ2n) is 5.80. The molecule has 25 heavy (non-hydrogen) atoms. The van der Waals surface area contributed by atoms with Crippen LogP contribution in [0.15, 0.2) is 48.5 Å². The number of rotatable bonds is 5. The summed E-state index contributed by atoms with van der Waals surface area (Å²) >= 11 is 0. The van der Waals surface area contributed by atoms with Crippen LogP contribution in [0.2, 0.25) is 0 Å². The third kappa shape index (κ3) is 3.57. The lowest BCUT2D eigenvalue weighted by atomic mass is 10.1. The van der Waals surface area contributed by atoms with E-state index < -0.39 is 0 Å². The molecule has 1 aliphatic rings. The Morgan fingerprint density at radius 2 is 1.80 bits per heavy atom. The zero-order chi connectivity index (χ0) is 17.8. The van der Waals surface area contributed by atoms with Gasteiger partial charge in [0.15, 0.2) is 11.5 Å². The molecule has 1 saturated heterocycles. The molecule has 3 rings (SSSR count). The molecule has 1 fully saturated rings. The highest BCUT2D eigenvalue weighted by molar-refractivity contribution is 6.03. The van der Waals surface area contributed by atoms with Crippen molar-refractivity contribution in [2.75, 3.05) is 31.0 Å². The van der Waals surface area contributed by atoms with Gasteiger partial charge in [0.25, 0.3) is 0 Å². The van der Waals surface area contributed by atoms with Gasteiger partial charge in [-0.15, -0.1) is 0 Å². The number of hydrogen-bond acceptors (Lipinski definition) is 4. The van der Waals surface area contributed by atoms with Crippen molar-refractivity contribution in [2.45, 2.75) is 6.42 Å². The largest absolute Gasteiger partial charge is 0.493 e. The van der Waals surface area contributed by atoms with Gasteiger partial charge in [0.2, 0.25) is 11.8 Å². The third-order valence-electron chi connectivity index (χ3n) is 4.21. The summed E-state index contributed by atoms with van der Waals surface area (Å²) < 4.78 is 10.4. The average molecular weight is 340 g/mol. The molecule has 1 N–H and O–H groups in total. The van der Waals surface area contributed by atoms with E-state index in [2.05, 4.69) is 5.32 Å². The van der Waals surface area contributed by atoms with E-state index in [1.807, 2.05) is 30.3 Å². The number of ether oxygens (including phenoxy) is 2. The van der Waals surface area contributed by atoms with E-state index in [0.717, 1.165) is 5.69 Å². The molecule has 2 amide bonds. The fraction of sp³-hybridized carbons (Fsp3) is 0.263. The van der Waals surface area contributed by atoms with E-state index in [1.165, 1.54) is 7.11 Å². The maximum Gasteiger partial charge on any atom is 0.229 e. The molecule has 0 spiro atoms. The molecule has 2 aromatic rings. The lowest BCUT2D eigenvalue weighted by molar-refractivity contribution is -0.122. The highest BCUT2D eigenvalue weighted by Crippen LogP contribution is 2.31.